The molecule has 0 N–H and O–H groups in total. The van der Waals surface area contributed by atoms with Crippen molar-refractivity contribution in [3.8, 4) is 0 Å². The molecule has 1 aliphatic carbocycles. The fourth-order valence-electron chi connectivity index (χ4n) is 4.39. The van der Waals surface area contributed by atoms with Gasteiger partial charge in [0.05, 0.1) is 11.8 Å². The van der Waals surface area contributed by atoms with Crippen molar-refractivity contribution in [3.05, 3.63) is 70.3 Å². The van der Waals surface area contributed by atoms with E-state index in [1.807, 2.05) is 6.92 Å². The van der Waals surface area contributed by atoms with Crippen LogP contribution in [0.3, 0.4) is 0 Å². The highest BCUT2D eigenvalue weighted by Gasteiger charge is 2.45. The second-order valence-electron chi connectivity index (χ2n) is 8.08. The van der Waals surface area contributed by atoms with Crippen LogP contribution in [-0.2, 0) is 20.7 Å². The first-order chi connectivity index (χ1) is 13.8. The lowest BCUT2D eigenvalue weighted by molar-refractivity contribution is -0.158. The van der Waals surface area contributed by atoms with Gasteiger partial charge in [0, 0.05) is 18.4 Å². The van der Waals surface area contributed by atoms with E-state index in [0.29, 0.717) is 0 Å². The molecular formula is C24H26N2O3. The van der Waals surface area contributed by atoms with Crippen LogP contribution < -0.4 is 0 Å². The van der Waals surface area contributed by atoms with E-state index >= 15 is 0 Å². The van der Waals surface area contributed by atoms with Crippen LogP contribution >= 0.6 is 0 Å². The van der Waals surface area contributed by atoms with E-state index in [2.05, 4.69) is 49.4 Å². The van der Waals surface area contributed by atoms with Gasteiger partial charge in [-0.05, 0) is 50.8 Å². The SMILES string of the molecule is CC(=O)O[C@@H](C)C(=O)N1N=C2c3cc(C)ccc3CC[C@H]2[C@H]1c1ccc(C)cc1. The minimum Gasteiger partial charge on any atom is -0.453 e. The molecule has 0 aromatic heterocycles. The Morgan fingerprint density at radius 1 is 1.10 bits per heavy atom. The summed E-state index contributed by atoms with van der Waals surface area (Å²) in [6.07, 6.45) is 1.02. The van der Waals surface area contributed by atoms with Crippen molar-refractivity contribution in [2.24, 2.45) is 11.0 Å². The van der Waals surface area contributed by atoms with Gasteiger partial charge in [0.1, 0.15) is 0 Å². The van der Waals surface area contributed by atoms with Crippen molar-refractivity contribution < 1.29 is 14.3 Å². The van der Waals surface area contributed by atoms with Gasteiger partial charge in [0.2, 0.25) is 0 Å². The molecule has 0 fully saturated rings. The Balaban J connectivity index is 1.78. The zero-order valence-corrected chi connectivity index (χ0v) is 17.3. The number of hydrazone groups is 1. The number of benzene rings is 2. The van der Waals surface area contributed by atoms with Gasteiger partial charge in [-0.25, -0.2) is 5.01 Å². The van der Waals surface area contributed by atoms with Gasteiger partial charge in [-0.2, -0.15) is 5.10 Å². The highest BCUT2D eigenvalue weighted by Crippen LogP contribution is 2.43. The summed E-state index contributed by atoms with van der Waals surface area (Å²) >= 11 is 0. The van der Waals surface area contributed by atoms with E-state index in [-0.39, 0.29) is 17.9 Å². The first-order valence-electron chi connectivity index (χ1n) is 10.1. The van der Waals surface area contributed by atoms with E-state index < -0.39 is 12.1 Å². The molecule has 0 spiro atoms. The number of amides is 1. The number of carbonyl (C=O) groups is 2. The Kier molecular flexibility index (Phi) is 4.99. The third-order valence-corrected chi connectivity index (χ3v) is 5.81. The monoisotopic (exact) mass is 390 g/mol. The van der Waals surface area contributed by atoms with Crippen LogP contribution in [0.15, 0.2) is 47.6 Å². The highest BCUT2D eigenvalue weighted by atomic mass is 16.5. The Morgan fingerprint density at radius 3 is 2.48 bits per heavy atom. The van der Waals surface area contributed by atoms with E-state index in [1.54, 1.807) is 11.9 Å². The van der Waals surface area contributed by atoms with Crippen molar-refractivity contribution in [2.45, 2.75) is 52.7 Å². The molecule has 5 nitrogen and oxygen atoms in total. The zero-order chi connectivity index (χ0) is 20.7. The quantitative estimate of drug-likeness (QED) is 0.741. The number of carbonyl (C=O) groups excluding carboxylic acids is 2. The van der Waals surface area contributed by atoms with Crippen molar-refractivity contribution >= 4 is 17.6 Å². The largest absolute Gasteiger partial charge is 0.453 e. The smallest absolute Gasteiger partial charge is 0.303 e. The minimum atomic E-state index is -0.873. The summed E-state index contributed by atoms with van der Waals surface area (Å²) < 4.78 is 5.17. The molecule has 150 valence electrons. The number of aryl methyl sites for hydroxylation is 3. The summed E-state index contributed by atoms with van der Waals surface area (Å²) in [5, 5.41) is 6.36. The number of ether oxygens (including phenoxy) is 1. The predicted octanol–water partition coefficient (Wildman–Crippen LogP) is 4.11. The van der Waals surface area contributed by atoms with E-state index in [9.17, 15) is 9.59 Å². The zero-order valence-electron chi connectivity index (χ0n) is 17.3. The maximum absolute atomic E-state index is 13.2. The maximum Gasteiger partial charge on any atom is 0.303 e. The molecule has 4 rings (SSSR count). The number of rotatable bonds is 3. The molecule has 0 saturated carbocycles. The Labute approximate surface area is 171 Å². The van der Waals surface area contributed by atoms with Crippen LogP contribution in [0.1, 0.15) is 54.1 Å². The van der Waals surface area contributed by atoms with Crippen LogP contribution in [0.5, 0.6) is 0 Å². The summed E-state index contributed by atoms with van der Waals surface area (Å²) in [6, 6.07) is 14.5. The molecule has 0 saturated heterocycles. The standard InChI is InChI=1S/C24H26N2O3/c1-14-5-9-19(10-6-14)23-20-12-11-18-8-7-15(2)13-21(18)22(20)25-26(23)24(28)16(3)29-17(4)27/h5-10,13,16,20,23H,11-12H2,1-4H3/t16-,20+,23+/m0/s1. The molecule has 29 heavy (non-hydrogen) atoms. The third-order valence-electron chi connectivity index (χ3n) is 5.81. The van der Waals surface area contributed by atoms with Gasteiger partial charge in [0.25, 0.3) is 5.91 Å². The summed E-state index contributed by atoms with van der Waals surface area (Å²) in [5.41, 5.74) is 6.77. The van der Waals surface area contributed by atoms with E-state index in [1.165, 1.54) is 23.6 Å². The topological polar surface area (TPSA) is 59.0 Å². The maximum atomic E-state index is 13.2. The molecule has 1 heterocycles. The minimum absolute atomic E-state index is 0.125. The lowest BCUT2D eigenvalue weighted by Gasteiger charge is -2.30. The molecular weight excluding hydrogens is 364 g/mol. The molecule has 2 aromatic carbocycles. The molecule has 5 heteroatoms. The van der Waals surface area contributed by atoms with Crippen molar-refractivity contribution in [1.82, 2.24) is 5.01 Å². The molecule has 1 amide bonds. The van der Waals surface area contributed by atoms with Gasteiger partial charge in [-0.1, -0.05) is 47.5 Å². The highest BCUT2D eigenvalue weighted by molar-refractivity contribution is 6.07. The number of hydrogen-bond acceptors (Lipinski definition) is 4. The van der Waals surface area contributed by atoms with Crippen LogP contribution in [0.2, 0.25) is 0 Å². The van der Waals surface area contributed by atoms with Gasteiger partial charge in [0.15, 0.2) is 6.10 Å². The lowest BCUT2D eigenvalue weighted by Crippen LogP contribution is -2.38. The van der Waals surface area contributed by atoms with E-state index in [0.717, 1.165) is 29.7 Å². The Morgan fingerprint density at radius 2 is 1.79 bits per heavy atom. The first kappa shape index (κ1) is 19.4. The van der Waals surface area contributed by atoms with Gasteiger partial charge in [-0.3, -0.25) is 9.59 Å². The lowest BCUT2D eigenvalue weighted by atomic mass is 9.77. The second kappa shape index (κ2) is 7.47. The molecule has 0 bridgehead atoms. The predicted molar refractivity (Wildman–Crippen MR) is 112 cm³/mol. The number of hydrogen-bond donors (Lipinski definition) is 0. The fourth-order valence-corrected chi connectivity index (χ4v) is 4.39. The first-order valence-corrected chi connectivity index (χ1v) is 10.1. The number of esters is 1. The second-order valence-corrected chi connectivity index (χ2v) is 8.08. The van der Waals surface area contributed by atoms with Gasteiger partial charge in [-0.15, -0.1) is 0 Å². The van der Waals surface area contributed by atoms with E-state index in [4.69, 9.17) is 9.84 Å². The molecule has 2 aromatic rings. The van der Waals surface area contributed by atoms with Gasteiger partial charge >= 0.3 is 5.97 Å². The third kappa shape index (κ3) is 3.57. The molecule has 1 aliphatic heterocycles. The average Bonchev–Trinajstić information content (AvgIpc) is 3.07. The summed E-state index contributed by atoms with van der Waals surface area (Å²) in [6.45, 7) is 7.04. The van der Waals surface area contributed by atoms with Crippen LogP contribution in [0, 0.1) is 19.8 Å². The van der Waals surface area contributed by atoms with Crippen LogP contribution in [0.25, 0.3) is 0 Å². The summed E-state index contributed by atoms with van der Waals surface area (Å²) in [5.74, 6) is -0.634. The number of fused-ring (bicyclic) bond motifs is 3. The summed E-state index contributed by atoms with van der Waals surface area (Å²) in [7, 11) is 0. The van der Waals surface area contributed by atoms with Crippen molar-refractivity contribution in [1.29, 1.82) is 0 Å². The number of nitrogens with zero attached hydrogens (tertiary/aromatic N) is 2. The normalized spacial score (nSPS) is 21.1. The Bertz CT molecular complexity index is 994. The van der Waals surface area contributed by atoms with Crippen LogP contribution in [-0.4, -0.2) is 28.7 Å². The Hall–Kier alpha value is -2.95. The molecule has 3 atom stereocenters. The van der Waals surface area contributed by atoms with Gasteiger partial charge < -0.3 is 4.74 Å². The average molecular weight is 390 g/mol. The molecule has 2 aliphatic rings. The summed E-state index contributed by atoms with van der Waals surface area (Å²) in [4.78, 5) is 24.6. The van der Waals surface area contributed by atoms with Crippen molar-refractivity contribution in [2.75, 3.05) is 0 Å². The van der Waals surface area contributed by atoms with Crippen molar-refractivity contribution in [3.63, 3.8) is 0 Å². The molecule has 0 radical (unpaired) electrons. The fraction of sp³-hybridized carbons (Fsp3) is 0.375. The molecule has 0 unspecified atom stereocenters. The van der Waals surface area contributed by atoms with Crippen LogP contribution in [0.4, 0.5) is 0 Å².